The van der Waals surface area contributed by atoms with Crippen LogP contribution in [0.2, 0.25) is 0 Å². The van der Waals surface area contributed by atoms with E-state index in [-0.39, 0.29) is 24.0 Å². The van der Waals surface area contributed by atoms with Gasteiger partial charge in [-0.25, -0.2) is 8.78 Å². The van der Waals surface area contributed by atoms with Gasteiger partial charge in [-0.3, -0.25) is 4.79 Å². The summed E-state index contributed by atoms with van der Waals surface area (Å²) in [6, 6.07) is 0.470. The second-order valence-corrected chi connectivity index (χ2v) is 6.74. The fourth-order valence-electron chi connectivity index (χ4n) is 2.83. The molecule has 0 saturated carbocycles. The number of halogens is 3. The molecule has 0 aliphatic carbocycles. The van der Waals surface area contributed by atoms with E-state index in [1.807, 2.05) is 20.8 Å². The zero-order chi connectivity index (χ0) is 19.9. The molecule has 7 nitrogen and oxygen atoms in total. The molecule has 1 aromatic heterocycles. The molecule has 146 valence electrons. The molecule has 0 unspecified atom stereocenters. The number of amides is 1. The van der Waals surface area contributed by atoms with Gasteiger partial charge in [0.15, 0.2) is 17.4 Å². The highest BCUT2D eigenvalue weighted by atomic mass is 19.2. The minimum absolute atomic E-state index is 0.162. The number of rotatable bonds is 3. The number of nitrogens with zero attached hydrogens (tertiary/aromatic N) is 3. The quantitative estimate of drug-likeness (QED) is 0.818. The van der Waals surface area contributed by atoms with Gasteiger partial charge in [-0.1, -0.05) is 19.0 Å². The molecule has 0 bridgehead atoms. The summed E-state index contributed by atoms with van der Waals surface area (Å²) in [4.78, 5) is 17.9. The Bertz CT molecular complexity index is 871. The Balaban J connectivity index is 1.87. The van der Waals surface area contributed by atoms with Crippen molar-refractivity contribution in [2.75, 3.05) is 13.1 Å². The molecule has 1 N–H and O–H groups in total. The molecule has 1 amide bonds. The lowest BCUT2D eigenvalue weighted by Gasteiger charge is -2.38. The molecule has 10 heteroatoms. The van der Waals surface area contributed by atoms with Gasteiger partial charge in [-0.15, -0.1) is 0 Å². The van der Waals surface area contributed by atoms with Crippen molar-refractivity contribution in [3.8, 4) is 17.2 Å². The number of hydrogen-bond acceptors (Lipinski definition) is 6. The summed E-state index contributed by atoms with van der Waals surface area (Å²) in [6.45, 7) is 6.40. The van der Waals surface area contributed by atoms with Gasteiger partial charge < -0.3 is 19.3 Å². The van der Waals surface area contributed by atoms with E-state index in [2.05, 4.69) is 10.1 Å². The van der Waals surface area contributed by atoms with E-state index in [1.165, 1.54) is 4.90 Å². The van der Waals surface area contributed by atoms with Crippen LogP contribution in [0.25, 0.3) is 11.5 Å². The Morgan fingerprint density at radius 3 is 2.67 bits per heavy atom. The summed E-state index contributed by atoms with van der Waals surface area (Å²) in [7, 11) is 0. The van der Waals surface area contributed by atoms with Crippen molar-refractivity contribution >= 4 is 5.91 Å². The molecule has 1 aromatic carbocycles. The van der Waals surface area contributed by atoms with E-state index in [0.29, 0.717) is 19.2 Å². The molecule has 1 aliphatic rings. The first-order chi connectivity index (χ1) is 12.7. The topological polar surface area (TPSA) is 88.7 Å². The predicted molar refractivity (Wildman–Crippen MR) is 86.3 cm³/mol. The molecule has 1 fully saturated rings. The first kappa shape index (κ1) is 19.2. The lowest BCUT2D eigenvalue weighted by molar-refractivity contribution is -0.0857. The van der Waals surface area contributed by atoms with Crippen molar-refractivity contribution in [3.63, 3.8) is 0 Å². The van der Waals surface area contributed by atoms with Gasteiger partial charge in [-0.2, -0.15) is 9.37 Å². The Hall–Kier alpha value is -2.62. The van der Waals surface area contributed by atoms with Gasteiger partial charge in [-0.05, 0) is 18.9 Å². The van der Waals surface area contributed by atoms with Gasteiger partial charge in [0, 0.05) is 13.1 Å². The standard InChI is InChI=1S/C17H18F3N3O4/c1-7(2)11-6-23(5-8(3)26-11)17(25)15-21-16(27-22-15)9-4-10(18)13(20)14(24)12(9)19/h4,7-8,11,24H,5-6H2,1-3H3/t8-,11-/m0/s1. The average Bonchev–Trinajstić information content (AvgIpc) is 3.11. The van der Waals surface area contributed by atoms with Gasteiger partial charge in [0.25, 0.3) is 17.6 Å². The summed E-state index contributed by atoms with van der Waals surface area (Å²) >= 11 is 0. The zero-order valence-corrected chi connectivity index (χ0v) is 14.9. The molecule has 0 spiro atoms. The fraction of sp³-hybridized carbons (Fsp3) is 0.471. The Kier molecular flexibility index (Phi) is 5.09. The second kappa shape index (κ2) is 7.18. The maximum atomic E-state index is 14.0. The number of ether oxygens (including phenoxy) is 1. The smallest absolute Gasteiger partial charge is 0.295 e. The largest absolute Gasteiger partial charge is 0.503 e. The third kappa shape index (κ3) is 3.61. The summed E-state index contributed by atoms with van der Waals surface area (Å²) in [5.41, 5.74) is -0.645. The predicted octanol–water partition coefficient (Wildman–Crippen LogP) is 2.75. The van der Waals surface area contributed by atoms with E-state index >= 15 is 0 Å². The summed E-state index contributed by atoms with van der Waals surface area (Å²) < 4.78 is 51.2. The van der Waals surface area contributed by atoms with Crippen LogP contribution >= 0.6 is 0 Å². The average molecular weight is 385 g/mol. The molecular formula is C17H18F3N3O4. The van der Waals surface area contributed by atoms with Crippen LogP contribution in [0.5, 0.6) is 5.75 Å². The van der Waals surface area contributed by atoms with E-state index in [0.717, 1.165) is 0 Å². The minimum atomic E-state index is -1.73. The Morgan fingerprint density at radius 2 is 2.00 bits per heavy atom. The third-order valence-electron chi connectivity index (χ3n) is 4.30. The first-order valence-electron chi connectivity index (χ1n) is 8.34. The number of phenolic OH excluding ortho intramolecular Hbond substituents is 1. The summed E-state index contributed by atoms with van der Waals surface area (Å²) in [5, 5.41) is 12.8. The Labute approximate surface area is 152 Å². The monoisotopic (exact) mass is 385 g/mol. The highest BCUT2D eigenvalue weighted by Crippen LogP contribution is 2.31. The lowest BCUT2D eigenvalue weighted by Crippen LogP contribution is -2.51. The number of aromatic hydroxyl groups is 1. The van der Waals surface area contributed by atoms with Crippen LogP contribution in [-0.4, -0.2) is 51.4 Å². The Morgan fingerprint density at radius 1 is 1.30 bits per heavy atom. The second-order valence-electron chi connectivity index (χ2n) is 6.74. The molecule has 2 atom stereocenters. The van der Waals surface area contributed by atoms with E-state index in [9.17, 15) is 23.1 Å². The zero-order valence-electron chi connectivity index (χ0n) is 14.9. The maximum Gasteiger partial charge on any atom is 0.295 e. The number of hydrogen-bond donors (Lipinski definition) is 1. The number of phenols is 1. The molecule has 2 heterocycles. The molecule has 3 rings (SSSR count). The molecule has 27 heavy (non-hydrogen) atoms. The van der Waals surface area contributed by atoms with Crippen molar-refractivity contribution in [2.45, 2.75) is 33.0 Å². The maximum absolute atomic E-state index is 14.0. The van der Waals surface area contributed by atoms with Crippen LogP contribution in [-0.2, 0) is 4.74 Å². The van der Waals surface area contributed by atoms with Crippen LogP contribution in [0.4, 0.5) is 13.2 Å². The molecule has 0 radical (unpaired) electrons. The molecular weight excluding hydrogens is 367 g/mol. The van der Waals surface area contributed by atoms with Crippen LogP contribution in [0.15, 0.2) is 10.6 Å². The highest BCUT2D eigenvalue weighted by molar-refractivity contribution is 5.90. The number of carbonyl (C=O) groups is 1. The summed E-state index contributed by atoms with van der Waals surface area (Å²) in [5.74, 6) is -7.46. The van der Waals surface area contributed by atoms with Crippen LogP contribution in [0.3, 0.4) is 0 Å². The minimum Gasteiger partial charge on any atom is -0.503 e. The molecule has 1 aliphatic heterocycles. The van der Waals surface area contributed by atoms with Crippen LogP contribution in [0.1, 0.15) is 31.4 Å². The lowest BCUT2D eigenvalue weighted by atomic mass is 10.0. The fourth-order valence-corrected chi connectivity index (χ4v) is 2.83. The van der Waals surface area contributed by atoms with Crippen molar-refractivity contribution in [3.05, 3.63) is 29.3 Å². The normalized spacial score (nSPS) is 20.3. The van der Waals surface area contributed by atoms with Crippen molar-refractivity contribution in [2.24, 2.45) is 5.92 Å². The van der Waals surface area contributed by atoms with E-state index in [4.69, 9.17) is 9.26 Å². The number of morpholine rings is 1. The number of carbonyl (C=O) groups excluding carboxylic acids is 1. The van der Waals surface area contributed by atoms with Gasteiger partial charge in [0.1, 0.15) is 0 Å². The number of aromatic nitrogens is 2. The van der Waals surface area contributed by atoms with E-state index in [1.54, 1.807) is 0 Å². The third-order valence-corrected chi connectivity index (χ3v) is 4.30. The SMILES string of the molecule is CC(C)[C@@H]1CN(C(=O)c2noc(-c3cc(F)c(F)c(O)c3F)n2)C[C@H](C)O1. The van der Waals surface area contributed by atoms with Crippen molar-refractivity contribution < 1.29 is 32.3 Å². The van der Waals surface area contributed by atoms with Gasteiger partial charge in [0.05, 0.1) is 17.8 Å². The van der Waals surface area contributed by atoms with Crippen LogP contribution in [0, 0.1) is 23.4 Å². The van der Waals surface area contributed by atoms with Crippen molar-refractivity contribution in [1.82, 2.24) is 15.0 Å². The van der Waals surface area contributed by atoms with Gasteiger partial charge >= 0.3 is 0 Å². The molecule has 2 aromatic rings. The van der Waals surface area contributed by atoms with Gasteiger partial charge in [0.2, 0.25) is 5.82 Å². The number of benzene rings is 1. The molecule has 1 saturated heterocycles. The van der Waals surface area contributed by atoms with Crippen LogP contribution < -0.4 is 0 Å². The highest BCUT2D eigenvalue weighted by Gasteiger charge is 2.33. The van der Waals surface area contributed by atoms with E-state index < -0.39 is 40.6 Å². The van der Waals surface area contributed by atoms with Crippen molar-refractivity contribution in [1.29, 1.82) is 0 Å². The first-order valence-corrected chi connectivity index (χ1v) is 8.34. The summed E-state index contributed by atoms with van der Waals surface area (Å²) in [6.07, 6.45) is -0.355.